The van der Waals surface area contributed by atoms with Crippen LogP contribution in [-0.2, 0) is 12.6 Å². The lowest BCUT2D eigenvalue weighted by Crippen LogP contribution is -2.44. The van der Waals surface area contributed by atoms with Crippen LogP contribution in [0, 0.1) is 22.7 Å². The minimum absolute atomic E-state index is 0.00446. The lowest BCUT2D eigenvalue weighted by Gasteiger charge is -2.30. The molecule has 12 heteroatoms. The first kappa shape index (κ1) is 24.3. The molecule has 0 amide bonds. The summed E-state index contributed by atoms with van der Waals surface area (Å²) in [4.78, 5) is 19.1. The van der Waals surface area contributed by atoms with Crippen LogP contribution < -0.4 is 15.4 Å². The van der Waals surface area contributed by atoms with Crippen LogP contribution in [0.25, 0.3) is 5.65 Å². The van der Waals surface area contributed by atoms with Gasteiger partial charge in [-0.1, -0.05) is 6.92 Å². The van der Waals surface area contributed by atoms with Gasteiger partial charge in [-0.15, -0.1) is 0 Å². The molecule has 7 nitrogen and oxygen atoms in total. The number of amidine groups is 1. The second-order valence-electron chi connectivity index (χ2n) is 8.35. The van der Waals surface area contributed by atoms with Gasteiger partial charge in [-0.2, -0.15) is 22.8 Å². The summed E-state index contributed by atoms with van der Waals surface area (Å²) in [6, 6.07) is 7.59. The molecule has 0 unspecified atom stereocenters. The number of nitrogens with zero attached hydrogens (tertiary/aromatic N) is 5. The molecule has 0 aliphatic carbocycles. The third kappa shape index (κ3) is 3.72. The number of rotatable bonds is 3. The molecule has 1 aliphatic rings. The van der Waals surface area contributed by atoms with Gasteiger partial charge in [0.1, 0.15) is 11.5 Å². The van der Waals surface area contributed by atoms with Crippen LogP contribution >= 0.6 is 12.2 Å². The van der Waals surface area contributed by atoms with Crippen molar-refractivity contribution in [3.05, 3.63) is 69.5 Å². The number of benzene rings is 1. The van der Waals surface area contributed by atoms with E-state index in [1.807, 2.05) is 0 Å². The van der Waals surface area contributed by atoms with E-state index in [2.05, 4.69) is 4.98 Å². The summed E-state index contributed by atoms with van der Waals surface area (Å²) in [5.74, 6) is -0.998. The maximum atomic E-state index is 14.3. The number of alkyl halides is 3. The van der Waals surface area contributed by atoms with Crippen molar-refractivity contribution in [2.24, 2.45) is 0 Å². The average molecular weight is 502 g/mol. The number of thiocarbonyl (C=S) groups is 1. The Bertz CT molecular complexity index is 1500. The SMILES string of the molecule is CCc1c(F)nc2cc(N3C(=S)N(c4ccc(C#N)c(C(F)(F)F)c4)C(=N)C3(C)C)ccn2c1=O. The zero-order valence-corrected chi connectivity index (χ0v) is 19.6. The molecule has 0 atom stereocenters. The fourth-order valence-corrected chi connectivity index (χ4v) is 4.59. The van der Waals surface area contributed by atoms with E-state index in [0.29, 0.717) is 5.69 Å². The predicted octanol–water partition coefficient (Wildman–Crippen LogP) is 4.65. The number of aromatic nitrogens is 2. The van der Waals surface area contributed by atoms with Crippen LogP contribution in [0.2, 0.25) is 0 Å². The van der Waals surface area contributed by atoms with Gasteiger partial charge in [-0.25, -0.2) is 4.98 Å². The van der Waals surface area contributed by atoms with E-state index in [9.17, 15) is 22.4 Å². The molecule has 2 aromatic heterocycles. The third-order valence-corrected chi connectivity index (χ3v) is 6.27. The van der Waals surface area contributed by atoms with Crippen LogP contribution in [0.4, 0.5) is 28.9 Å². The quantitative estimate of drug-likeness (QED) is 0.319. The highest BCUT2D eigenvalue weighted by Crippen LogP contribution is 2.39. The van der Waals surface area contributed by atoms with E-state index >= 15 is 0 Å². The van der Waals surface area contributed by atoms with E-state index in [-0.39, 0.29) is 34.3 Å². The van der Waals surface area contributed by atoms with Gasteiger partial charge in [-0.05, 0) is 56.8 Å². The molecule has 1 fully saturated rings. The van der Waals surface area contributed by atoms with Crippen LogP contribution in [0.5, 0.6) is 0 Å². The van der Waals surface area contributed by atoms with E-state index in [0.717, 1.165) is 12.1 Å². The average Bonchev–Trinajstić information content (AvgIpc) is 2.96. The summed E-state index contributed by atoms with van der Waals surface area (Å²) in [7, 11) is 0. The van der Waals surface area contributed by atoms with E-state index in [1.165, 1.54) is 44.7 Å². The normalized spacial score (nSPS) is 15.7. The second kappa shape index (κ2) is 8.13. The smallest absolute Gasteiger partial charge is 0.305 e. The third-order valence-electron chi connectivity index (χ3n) is 5.90. The zero-order valence-electron chi connectivity index (χ0n) is 18.7. The van der Waals surface area contributed by atoms with Crippen LogP contribution in [0.3, 0.4) is 0 Å². The largest absolute Gasteiger partial charge is 0.417 e. The van der Waals surface area contributed by atoms with Crippen LogP contribution in [0.15, 0.2) is 41.3 Å². The molecule has 0 radical (unpaired) electrons. The lowest BCUT2D eigenvalue weighted by molar-refractivity contribution is -0.137. The van der Waals surface area contributed by atoms with Gasteiger partial charge in [0.05, 0.1) is 34.0 Å². The lowest BCUT2D eigenvalue weighted by atomic mass is 10.0. The van der Waals surface area contributed by atoms with Crippen molar-refractivity contribution >= 4 is 40.2 Å². The molecular weight excluding hydrogens is 484 g/mol. The van der Waals surface area contributed by atoms with Gasteiger partial charge >= 0.3 is 6.18 Å². The number of halogens is 4. The molecule has 3 heterocycles. The first-order valence-corrected chi connectivity index (χ1v) is 10.8. The highest BCUT2D eigenvalue weighted by Gasteiger charge is 2.48. The Hall–Kier alpha value is -3.85. The molecule has 1 aromatic carbocycles. The standard InChI is InChI=1S/C23H18F4N6OS/c1-4-15-18(24)30-17-10-14(7-8-31(17)19(15)34)33-21(35)32(20(29)22(33,2)3)13-6-5-12(11-28)16(9-13)23(25,26)27/h5-10,29H,4H2,1-3H3. The molecule has 4 rings (SSSR count). The second-order valence-corrected chi connectivity index (χ2v) is 8.72. The van der Waals surface area contributed by atoms with Crippen molar-refractivity contribution in [2.75, 3.05) is 9.80 Å². The fourth-order valence-electron chi connectivity index (χ4n) is 4.06. The monoisotopic (exact) mass is 502 g/mol. The summed E-state index contributed by atoms with van der Waals surface area (Å²) in [6.45, 7) is 4.95. The number of fused-ring (bicyclic) bond motifs is 1. The predicted molar refractivity (Wildman–Crippen MR) is 126 cm³/mol. The molecule has 3 aromatic rings. The zero-order chi connectivity index (χ0) is 25.9. The minimum atomic E-state index is -4.78. The number of hydrogen-bond acceptors (Lipinski definition) is 5. The van der Waals surface area contributed by atoms with Crippen molar-refractivity contribution in [1.82, 2.24) is 9.38 Å². The first-order chi connectivity index (χ1) is 16.3. The van der Waals surface area contributed by atoms with Gasteiger partial charge in [0, 0.05) is 18.0 Å². The highest BCUT2D eigenvalue weighted by atomic mass is 32.1. The molecule has 0 spiro atoms. The molecular formula is C23H18F4N6OS. The maximum absolute atomic E-state index is 14.3. The van der Waals surface area contributed by atoms with Gasteiger partial charge in [0.25, 0.3) is 5.56 Å². The van der Waals surface area contributed by atoms with Gasteiger partial charge < -0.3 is 4.90 Å². The molecule has 1 saturated heterocycles. The molecule has 1 aliphatic heterocycles. The van der Waals surface area contributed by atoms with Crippen molar-refractivity contribution in [2.45, 2.75) is 38.9 Å². The Morgan fingerprint density at radius 1 is 1.20 bits per heavy atom. The van der Waals surface area contributed by atoms with Crippen molar-refractivity contribution in [3.63, 3.8) is 0 Å². The number of pyridine rings is 1. The number of hydrogen-bond donors (Lipinski definition) is 1. The fraction of sp³-hybridized carbons (Fsp3) is 0.261. The topological polar surface area (TPSA) is 88.5 Å². The first-order valence-electron chi connectivity index (χ1n) is 10.4. The number of nitriles is 1. The number of anilines is 2. The molecule has 35 heavy (non-hydrogen) atoms. The Morgan fingerprint density at radius 2 is 1.89 bits per heavy atom. The van der Waals surface area contributed by atoms with Gasteiger partial charge in [-0.3, -0.25) is 19.5 Å². The summed E-state index contributed by atoms with van der Waals surface area (Å²) in [6.07, 6.45) is -3.20. The van der Waals surface area contributed by atoms with Crippen LogP contribution in [0.1, 0.15) is 37.5 Å². The van der Waals surface area contributed by atoms with Crippen molar-refractivity contribution in [1.29, 1.82) is 10.7 Å². The summed E-state index contributed by atoms with van der Waals surface area (Å²) in [5.41, 5.74) is -3.05. The Morgan fingerprint density at radius 3 is 2.49 bits per heavy atom. The summed E-state index contributed by atoms with van der Waals surface area (Å²) in [5, 5.41) is 17.8. The van der Waals surface area contributed by atoms with E-state index in [4.69, 9.17) is 22.9 Å². The van der Waals surface area contributed by atoms with E-state index in [1.54, 1.807) is 20.8 Å². The number of nitrogens with one attached hydrogen (secondary N) is 1. The van der Waals surface area contributed by atoms with Crippen LogP contribution in [-0.4, -0.2) is 25.9 Å². The Balaban J connectivity index is 1.84. The summed E-state index contributed by atoms with van der Waals surface area (Å²) < 4.78 is 56.1. The maximum Gasteiger partial charge on any atom is 0.417 e. The minimum Gasteiger partial charge on any atom is -0.305 e. The summed E-state index contributed by atoms with van der Waals surface area (Å²) >= 11 is 5.57. The molecule has 0 bridgehead atoms. The Kier molecular flexibility index (Phi) is 5.64. The molecule has 180 valence electrons. The van der Waals surface area contributed by atoms with Crippen molar-refractivity contribution < 1.29 is 17.6 Å². The van der Waals surface area contributed by atoms with Crippen molar-refractivity contribution in [3.8, 4) is 6.07 Å². The van der Waals surface area contributed by atoms with Gasteiger partial charge in [0.15, 0.2) is 5.11 Å². The Labute approximate surface area is 202 Å². The van der Waals surface area contributed by atoms with Gasteiger partial charge in [0.2, 0.25) is 5.95 Å². The van der Waals surface area contributed by atoms with E-state index < -0.39 is 34.3 Å². The highest BCUT2D eigenvalue weighted by molar-refractivity contribution is 7.81. The molecule has 0 saturated carbocycles. The molecule has 1 N–H and O–H groups in total.